The SMILES string of the molecule is CN(C)C1CN(CCCOc2ccc(S(=O)O)cc2)C1. The maximum absolute atomic E-state index is 10.8. The number of likely N-dealkylation sites (tertiary alicyclic amines) is 1. The van der Waals surface area contributed by atoms with Gasteiger partial charge in [-0.2, -0.15) is 0 Å². The fourth-order valence-corrected chi connectivity index (χ4v) is 2.55. The largest absolute Gasteiger partial charge is 0.494 e. The minimum atomic E-state index is -1.92. The molecule has 1 aromatic rings. The molecule has 1 fully saturated rings. The normalized spacial score (nSPS) is 18.0. The number of hydrogen-bond donors (Lipinski definition) is 1. The molecule has 5 nitrogen and oxygen atoms in total. The predicted octanol–water partition coefficient (Wildman–Crippen LogP) is 1.28. The molecule has 1 atom stereocenters. The lowest BCUT2D eigenvalue weighted by molar-refractivity contribution is 0.0595. The summed E-state index contributed by atoms with van der Waals surface area (Å²) in [5, 5.41) is 0. The van der Waals surface area contributed by atoms with Gasteiger partial charge in [0.15, 0.2) is 11.1 Å². The van der Waals surface area contributed by atoms with Crippen LogP contribution in [0.25, 0.3) is 0 Å². The Morgan fingerprint density at radius 2 is 2.00 bits per heavy atom. The molecular formula is C14H22N2O3S. The Balaban J connectivity index is 1.61. The van der Waals surface area contributed by atoms with Crippen LogP contribution in [0.15, 0.2) is 29.2 Å². The fraction of sp³-hybridized carbons (Fsp3) is 0.571. The van der Waals surface area contributed by atoms with E-state index < -0.39 is 11.1 Å². The Kier molecular flexibility index (Phi) is 5.54. The third kappa shape index (κ3) is 4.28. The Labute approximate surface area is 122 Å². The molecule has 1 saturated heterocycles. The van der Waals surface area contributed by atoms with E-state index in [1.165, 1.54) is 0 Å². The number of likely N-dealkylation sites (N-methyl/N-ethyl adjacent to an activating group) is 1. The molecule has 0 amide bonds. The highest BCUT2D eigenvalue weighted by molar-refractivity contribution is 7.79. The van der Waals surface area contributed by atoms with E-state index in [2.05, 4.69) is 23.9 Å². The van der Waals surface area contributed by atoms with Crippen molar-refractivity contribution in [3.8, 4) is 5.75 Å². The Bertz CT molecular complexity index is 444. The zero-order chi connectivity index (χ0) is 14.5. The molecule has 1 aliphatic heterocycles. The van der Waals surface area contributed by atoms with Gasteiger partial charge >= 0.3 is 0 Å². The number of ether oxygens (including phenoxy) is 1. The molecule has 0 bridgehead atoms. The Hall–Kier alpha value is -0.950. The molecule has 1 aromatic carbocycles. The first-order chi connectivity index (χ1) is 9.56. The lowest BCUT2D eigenvalue weighted by Crippen LogP contribution is -2.57. The van der Waals surface area contributed by atoms with Gasteiger partial charge < -0.3 is 14.2 Å². The summed E-state index contributed by atoms with van der Waals surface area (Å²) in [7, 11) is 4.24. The van der Waals surface area contributed by atoms with Crippen molar-refractivity contribution in [2.75, 3.05) is 40.3 Å². The third-order valence-electron chi connectivity index (χ3n) is 3.58. The van der Waals surface area contributed by atoms with Crippen molar-refractivity contribution < 1.29 is 13.5 Å². The molecule has 0 spiro atoms. The second kappa shape index (κ2) is 7.17. The second-order valence-corrected chi connectivity index (χ2v) is 6.27. The predicted molar refractivity (Wildman–Crippen MR) is 79.5 cm³/mol. The summed E-state index contributed by atoms with van der Waals surface area (Å²) in [6, 6.07) is 7.39. The van der Waals surface area contributed by atoms with Gasteiger partial charge in [-0.15, -0.1) is 0 Å². The van der Waals surface area contributed by atoms with Gasteiger partial charge in [0.25, 0.3) is 0 Å². The molecule has 1 aliphatic rings. The average molecular weight is 298 g/mol. The summed E-state index contributed by atoms with van der Waals surface area (Å²) >= 11 is -1.92. The zero-order valence-corrected chi connectivity index (χ0v) is 12.8. The molecule has 6 heteroatoms. The topological polar surface area (TPSA) is 53.0 Å². The first kappa shape index (κ1) is 15.4. The number of nitrogens with zero attached hydrogens (tertiary/aromatic N) is 2. The lowest BCUT2D eigenvalue weighted by atomic mass is 10.1. The van der Waals surface area contributed by atoms with Crippen molar-refractivity contribution in [1.82, 2.24) is 9.80 Å². The highest BCUT2D eigenvalue weighted by Gasteiger charge is 2.27. The Morgan fingerprint density at radius 3 is 2.55 bits per heavy atom. The lowest BCUT2D eigenvalue weighted by Gasteiger charge is -2.42. The monoisotopic (exact) mass is 298 g/mol. The molecule has 20 heavy (non-hydrogen) atoms. The highest BCUT2D eigenvalue weighted by atomic mass is 32.2. The van der Waals surface area contributed by atoms with Crippen LogP contribution in [-0.2, 0) is 11.1 Å². The molecule has 0 aliphatic carbocycles. The van der Waals surface area contributed by atoms with Crippen molar-refractivity contribution in [1.29, 1.82) is 0 Å². The van der Waals surface area contributed by atoms with Gasteiger partial charge in [0.2, 0.25) is 0 Å². The van der Waals surface area contributed by atoms with Crippen LogP contribution in [0.4, 0.5) is 0 Å². The minimum Gasteiger partial charge on any atom is -0.494 e. The maximum Gasteiger partial charge on any atom is 0.186 e. The standard InChI is InChI=1S/C14H22N2O3S/c1-15(2)12-10-16(11-12)8-3-9-19-13-4-6-14(7-5-13)20(17)18/h4-7,12H,3,8-11H2,1-2H3,(H,17,18). The van der Waals surface area contributed by atoms with Crippen LogP contribution in [0.5, 0.6) is 5.75 Å². The minimum absolute atomic E-state index is 0.396. The van der Waals surface area contributed by atoms with E-state index in [4.69, 9.17) is 9.29 Å². The van der Waals surface area contributed by atoms with Crippen LogP contribution in [0.2, 0.25) is 0 Å². The maximum atomic E-state index is 10.8. The molecule has 2 rings (SSSR count). The molecule has 0 radical (unpaired) electrons. The number of benzene rings is 1. The summed E-state index contributed by atoms with van der Waals surface area (Å²) < 4.78 is 25.3. The van der Waals surface area contributed by atoms with Gasteiger partial charge in [-0.1, -0.05) is 0 Å². The number of rotatable bonds is 7. The van der Waals surface area contributed by atoms with Gasteiger partial charge in [-0.05, 0) is 44.8 Å². The van der Waals surface area contributed by atoms with Crippen LogP contribution in [0.3, 0.4) is 0 Å². The number of hydrogen-bond acceptors (Lipinski definition) is 4. The molecule has 1 heterocycles. The summed E-state index contributed by atoms with van der Waals surface area (Å²) in [6.45, 7) is 4.02. The fourth-order valence-electron chi connectivity index (χ4n) is 2.18. The second-order valence-electron chi connectivity index (χ2n) is 5.30. The van der Waals surface area contributed by atoms with Crippen LogP contribution in [-0.4, -0.2) is 64.9 Å². The van der Waals surface area contributed by atoms with Crippen molar-refractivity contribution in [3.63, 3.8) is 0 Å². The summed E-state index contributed by atoms with van der Waals surface area (Å²) in [5.74, 6) is 0.744. The van der Waals surface area contributed by atoms with E-state index in [1.807, 2.05) is 0 Å². The highest BCUT2D eigenvalue weighted by Crippen LogP contribution is 2.15. The molecule has 112 valence electrons. The Morgan fingerprint density at radius 1 is 1.35 bits per heavy atom. The first-order valence-electron chi connectivity index (χ1n) is 6.79. The first-order valence-corrected chi connectivity index (χ1v) is 7.89. The van der Waals surface area contributed by atoms with E-state index in [0.717, 1.165) is 31.8 Å². The van der Waals surface area contributed by atoms with Crippen LogP contribution in [0.1, 0.15) is 6.42 Å². The smallest absolute Gasteiger partial charge is 0.186 e. The van der Waals surface area contributed by atoms with E-state index in [0.29, 0.717) is 17.5 Å². The average Bonchev–Trinajstić information content (AvgIpc) is 2.36. The van der Waals surface area contributed by atoms with Crippen LogP contribution in [0, 0.1) is 0 Å². The molecule has 1 N–H and O–H groups in total. The summed E-state index contributed by atoms with van der Waals surface area (Å²) in [6.07, 6.45) is 0.994. The van der Waals surface area contributed by atoms with E-state index in [-0.39, 0.29) is 0 Å². The molecular weight excluding hydrogens is 276 g/mol. The van der Waals surface area contributed by atoms with Gasteiger partial charge in [0.05, 0.1) is 11.5 Å². The summed E-state index contributed by atoms with van der Waals surface area (Å²) in [5.41, 5.74) is 0. The summed E-state index contributed by atoms with van der Waals surface area (Å²) in [4.78, 5) is 5.08. The van der Waals surface area contributed by atoms with Crippen molar-refractivity contribution >= 4 is 11.1 Å². The van der Waals surface area contributed by atoms with Gasteiger partial charge in [-0.3, -0.25) is 4.90 Å². The quantitative estimate of drug-likeness (QED) is 0.607. The van der Waals surface area contributed by atoms with Crippen molar-refractivity contribution in [2.45, 2.75) is 17.4 Å². The van der Waals surface area contributed by atoms with Gasteiger partial charge in [-0.25, -0.2) is 4.21 Å². The van der Waals surface area contributed by atoms with E-state index >= 15 is 0 Å². The van der Waals surface area contributed by atoms with Gasteiger partial charge in [0, 0.05) is 25.7 Å². The van der Waals surface area contributed by atoms with E-state index in [1.54, 1.807) is 24.3 Å². The molecule has 1 unspecified atom stereocenters. The zero-order valence-electron chi connectivity index (χ0n) is 12.0. The molecule has 0 aromatic heterocycles. The van der Waals surface area contributed by atoms with E-state index in [9.17, 15) is 4.21 Å². The van der Waals surface area contributed by atoms with Crippen molar-refractivity contribution in [3.05, 3.63) is 24.3 Å². The van der Waals surface area contributed by atoms with Crippen LogP contribution >= 0.6 is 0 Å². The van der Waals surface area contributed by atoms with Crippen LogP contribution < -0.4 is 4.74 Å². The van der Waals surface area contributed by atoms with Gasteiger partial charge in [0.1, 0.15) is 5.75 Å². The third-order valence-corrected chi connectivity index (χ3v) is 4.26. The van der Waals surface area contributed by atoms with Crippen molar-refractivity contribution in [2.24, 2.45) is 0 Å². The molecule has 0 saturated carbocycles.